The first-order valence-electron chi connectivity index (χ1n) is 6.44. The molecule has 0 saturated carbocycles. The predicted molar refractivity (Wildman–Crippen MR) is 80.9 cm³/mol. The monoisotopic (exact) mass is 380 g/mol. The molecule has 0 fully saturated rings. The molecular formula is C13H11F3N2O4S2. The van der Waals surface area contributed by atoms with E-state index in [1.165, 1.54) is 6.92 Å². The van der Waals surface area contributed by atoms with Gasteiger partial charge in [0.2, 0.25) is 0 Å². The van der Waals surface area contributed by atoms with Crippen molar-refractivity contribution in [1.29, 1.82) is 0 Å². The average molecular weight is 380 g/mol. The Hall–Kier alpha value is -2.14. The minimum Gasteiger partial charge on any atom is -0.506 e. The summed E-state index contributed by atoms with van der Waals surface area (Å²) >= 11 is 0.481. The maximum absolute atomic E-state index is 12.8. The van der Waals surface area contributed by atoms with Crippen LogP contribution in [0, 0.1) is 0 Å². The van der Waals surface area contributed by atoms with Crippen molar-refractivity contribution in [3.05, 3.63) is 34.3 Å². The summed E-state index contributed by atoms with van der Waals surface area (Å²) in [5, 5.41) is 11.8. The molecule has 24 heavy (non-hydrogen) atoms. The third-order valence-corrected chi connectivity index (χ3v) is 5.56. The average Bonchev–Trinajstić information content (AvgIpc) is 2.99. The fourth-order valence-electron chi connectivity index (χ4n) is 1.76. The first-order chi connectivity index (χ1) is 11.1. The zero-order chi connectivity index (χ0) is 18.1. The molecule has 0 aliphatic heterocycles. The molecule has 2 rings (SSSR count). The number of phenolic OH excluding ortho intramolecular Hbond substituents is 1. The molecule has 1 aromatic heterocycles. The lowest BCUT2D eigenvalue weighted by atomic mass is 10.2. The van der Waals surface area contributed by atoms with Crippen LogP contribution in [0.15, 0.2) is 28.6 Å². The van der Waals surface area contributed by atoms with Crippen LogP contribution in [0.2, 0.25) is 0 Å². The number of carbonyl (C=O) groups is 1. The van der Waals surface area contributed by atoms with Gasteiger partial charge in [-0.1, -0.05) is 6.92 Å². The van der Waals surface area contributed by atoms with E-state index >= 15 is 0 Å². The van der Waals surface area contributed by atoms with Gasteiger partial charge in [-0.15, -0.1) is 11.3 Å². The minimum atomic E-state index is -4.80. The quantitative estimate of drug-likeness (QED) is 0.795. The van der Waals surface area contributed by atoms with Crippen LogP contribution in [0.25, 0.3) is 0 Å². The predicted octanol–water partition coefficient (Wildman–Crippen LogP) is 2.91. The fraction of sp³-hybridized carbons (Fsp3) is 0.231. The molecule has 0 aliphatic carbocycles. The molecular weight excluding hydrogens is 369 g/mol. The van der Waals surface area contributed by atoms with Crippen LogP contribution in [0.5, 0.6) is 5.75 Å². The second-order valence-corrected chi connectivity index (χ2v) is 7.70. The molecule has 0 saturated heterocycles. The van der Waals surface area contributed by atoms with E-state index in [0.717, 1.165) is 23.7 Å². The Morgan fingerprint density at radius 1 is 1.38 bits per heavy atom. The summed E-state index contributed by atoms with van der Waals surface area (Å²) in [7, 11) is -3.61. The SMILES string of the molecule is CCS(=O)(=O)c1ccc(O)c(NC(=O)c2scnc2C(F)(F)F)c1. The van der Waals surface area contributed by atoms with Crippen molar-refractivity contribution >= 4 is 32.8 Å². The lowest BCUT2D eigenvalue weighted by Crippen LogP contribution is -2.17. The van der Waals surface area contributed by atoms with Crippen molar-refractivity contribution < 1.29 is 31.5 Å². The highest BCUT2D eigenvalue weighted by molar-refractivity contribution is 7.91. The van der Waals surface area contributed by atoms with E-state index < -0.39 is 38.2 Å². The lowest BCUT2D eigenvalue weighted by molar-refractivity contribution is -0.141. The first-order valence-corrected chi connectivity index (χ1v) is 8.97. The number of aromatic hydroxyl groups is 1. The van der Waals surface area contributed by atoms with Crippen molar-refractivity contribution in [1.82, 2.24) is 4.98 Å². The number of sulfone groups is 1. The van der Waals surface area contributed by atoms with Gasteiger partial charge in [-0.25, -0.2) is 13.4 Å². The number of halogens is 3. The van der Waals surface area contributed by atoms with Crippen LogP contribution >= 0.6 is 11.3 Å². The number of hydrogen-bond acceptors (Lipinski definition) is 6. The number of hydrogen-bond donors (Lipinski definition) is 2. The van der Waals surface area contributed by atoms with E-state index in [9.17, 15) is 31.5 Å². The van der Waals surface area contributed by atoms with Crippen LogP contribution < -0.4 is 5.32 Å². The molecule has 1 amide bonds. The number of aromatic nitrogens is 1. The zero-order valence-corrected chi connectivity index (χ0v) is 13.7. The van der Waals surface area contributed by atoms with E-state index in [1.54, 1.807) is 0 Å². The van der Waals surface area contributed by atoms with Gasteiger partial charge in [0.25, 0.3) is 5.91 Å². The molecule has 0 bridgehead atoms. The van der Waals surface area contributed by atoms with E-state index in [1.807, 2.05) is 0 Å². The smallest absolute Gasteiger partial charge is 0.434 e. The molecule has 0 aliphatic rings. The van der Waals surface area contributed by atoms with E-state index in [0.29, 0.717) is 11.3 Å². The topological polar surface area (TPSA) is 96.4 Å². The van der Waals surface area contributed by atoms with Crippen LogP contribution in [0.4, 0.5) is 18.9 Å². The number of alkyl halides is 3. The highest BCUT2D eigenvalue weighted by Crippen LogP contribution is 2.34. The Morgan fingerprint density at radius 2 is 2.04 bits per heavy atom. The second kappa shape index (κ2) is 6.40. The van der Waals surface area contributed by atoms with Gasteiger partial charge in [-0.2, -0.15) is 13.2 Å². The number of benzene rings is 1. The van der Waals surface area contributed by atoms with Gasteiger partial charge in [0.1, 0.15) is 10.6 Å². The Bertz CT molecular complexity index is 876. The van der Waals surface area contributed by atoms with Crippen molar-refractivity contribution in [2.24, 2.45) is 0 Å². The zero-order valence-electron chi connectivity index (χ0n) is 12.1. The molecule has 1 aromatic carbocycles. The molecule has 11 heteroatoms. The van der Waals surface area contributed by atoms with Crippen LogP contribution in [0.3, 0.4) is 0 Å². The van der Waals surface area contributed by atoms with Crippen molar-refractivity contribution in [3.8, 4) is 5.75 Å². The minimum absolute atomic E-state index is 0.168. The van der Waals surface area contributed by atoms with Gasteiger partial charge in [0.15, 0.2) is 15.5 Å². The Kier molecular flexibility index (Phi) is 4.85. The second-order valence-electron chi connectivity index (χ2n) is 4.56. The number of anilines is 1. The number of carbonyl (C=O) groups excluding carboxylic acids is 1. The summed E-state index contributed by atoms with van der Waals surface area (Å²) in [6.07, 6.45) is -4.80. The Morgan fingerprint density at radius 3 is 2.62 bits per heavy atom. The van der Waals surface area contributed by atoms with Gasteiger partial charge in [-0.3, -0.25) is 4.79 Å². The molecule has 6 nitrogen and oxygen atoms in total. The Balaban J connectivity index is 2.37. The summed E-state index contributed by atoms with van der Waals surface area (Å²) in [6.45, 7) is 1.41. The highest BCUT2D eigenvalue weighted by Gasteiger charge is 2.38. The van der Waals surface area contributed by atoms with Crippen LogP contribution in [-0.2, 0) is 16.0 Å². The van der Waals surface area contributed by atoms with Gasteiger partial charge >= 0.3 is 6.18 Å². The summed E-state index contributed by atoms with van der Waals surface area (Å²) in [6, 6.07) is 3.16. The maximum Gasteiger partial charge on any atom is 0.434 e. The number of thiazole rings is 1. The molecule has 0 atom stereocenters. The number of phenols is 1. The van der Waals surface area contributed by atoms with Crippen molar-refractivity contribution in [2.75, 3.05) is 11.1 Å². The van der Waals surface area contributed by atoms with E-state index in [-0.39, 0.29) is 16.3 Å². The Labute approximate surface area is 138 Å². The largest absolute Gasteiger partial charge is 0.506 e. The van der Waals surface area contributed by atoms with E-state index in [4.69, 9.17) is 0 Å². The maximum atomic E-state index is 12.8. The van der Waals surface area contributed by atoms with Gasteiger partial charge in [0, 0.05) is 0 Å². The molecule has 2 aromatic rings. The van der Waals surface area contributed by atoms with Crippen molar-refractivity contribution in [2.45, 2.75) is 18.0 Å². The van der Waals surface area contributed by atoms with Crippen LogP contribution in [-0.4, -0.2) is 30.2 Å². The molecule has 130 valence electrons. The highest BCUT2D eigenvalue weighted by atomic mass is 32.2. The van der Waals surface area contributed by atoms with Gasteiger partial charge in [0.05, 0.1) is 21.8 Å². The fourth-order valence-corrected chi connectivity index (χ4v) is 3.37. The molecule has 0 spiro atoms. The van der Waals surface area contributed by atoms with Gasteiger partial charge < -0.3 is 10.4 Å². The van der Waals surface area contributed by atoms with E-state index in [2.05, 4.69) is 10.3 Å². The third kappa shape index (κ3) is 3.67. The first kappa shape index (κ1) is 18.2. The van der Waals surface area contributed by atoms with Crippen LogP contribution in [0.1, 0.15) is 22.3 Å². The molecule has 0 radical (unpaired) electrons. The number of rotatable bonds is 4. The number of nitrogens with one attached hydrogen (secondary N) is 1. The third-order valence-electron chi connectivity index (χ3n) is 3.00. The lowest BCUT2D eigenvalue weighted by Gasteiger charge is -2.10. The molecule has 2 N–H and O–H groups in total. The number of amides is 1. The van der Waals surface area contributed by atoms with Gasteiger partial charge in [-0.05, 0) is 18.2 Å². The van der Waals surface area contributed by atoms with Crippen molar-refractivity contribution in [3.63, 3.8) is 0 Å². The number of nitrogens with zero attached hydrogens (tertiary/aromatic N) is 1. The summed E-state index contributed by atoms with van der Waals surface area (Å²) < 4.78 is 61.9. The standard InChI is InChI=1S/C13H11F3N2O4S2/c1-2-24(21,22)7-3-4-9(19)8(5-7)18-12(20)10-11(13(14,15)16)17-6-23-10/h3-6,19H,2H2,1H3,(H,18,20). The summed E-state index contributed by atoms with van der Waals surface area (Å²) in [5.41, 5.74) is -0.784. The molecule has 0 unspecified atom stereocenters. The summed E-state index contributed by atoms with van der Waals surface area (Å²) in [5.74, 6) is -1.83. The normalized spacial score (nSPS) is 12.2. The molecule has 1 heterocycles. The summed E-state index contributed by atoms with van der Waals surface area (Å²) in [4.78, 5) is 14.3.